The van der Waals surface area contributed by atoms with E-state index >= 15 is 0 Å². The van der Waals surface area contributed by atoms with E-state index in [0.717, 1.165) is 24.9 Å². The first kappa shape index (κ1) is 14.6. The van der Waals surface area contributed by atoms with Gasteiger partial charge in [-0.05, 0) is 30.2 Å². The fourth-order valence-electron chi connectivity index (χ4n) is 3.62. The molecule has 0 bridgehead atoms. The lowest BCUT2D eigenvalue weighted by Crippen LogP contribution is -2.29. The predicted molar refractivity (Wildman–Crippen MR) is 81.2 cm³/mol. The summed E-state index contributed by atoms with van der Waals surface area (Å²) in [5.41, 5.74) is 1.30. The number of rotatable bonds is 4. The summed E-state index contributed by atoms with van der Waals surface area (Å²) in [6.45, 7) is 9.86. The maximum Gasteiger partial charge on any atom is 0.142 e. The van der Waals surface area contributed by atoms with Gasteiger partial charge in [0.05, 0.1) is 11.1 Å². The van der Waals surface area contributed by atoms with Gasteiger partial charge in [-0.1, -0.05) is 31.2 Å². The Bertz CT molecular complexity index is 645. The number of allylic oxidation sites excluding steroid dienone is 3. The number of nitrogens with zero attached hydrogens (tertiary/aromatic N) is 2. The Morgan fingerprint density at radius 3 is 2.95 bits per heavy atom. The Hall–Kier alpha value is -1.33. The lowest BCUT2D eigenvalue weighted by atomic mass is 10.0. The summed E-state index contributed by atoms with van der Waals surface area (Å²) in [5.74, 6) is 0.523. The highest BCUT2D eigenvalue weighted by molar-refractivity contribution is 7.82. The van der Waals surface area contributed by atoms with Crippen LogP contribution in [-0.2, 0) is 11.0 Å². The zero-order valence-corrected chi connectivity index (χ0v) is 13.1. The van der Waals surface area contributed by atoms with Crippen molar-refractivity contribution in [2.75, 3.05) is 13.1 Å². The summed E-state index contributed by atoms with van der Waals surface area (Å²) in [6, 6.07) is 1.30. The molecule has 3 unspecified atom stereocenters. The van der Waals surface area contributed by atoms with Crippen LogP contribution in [-0.4, -0.2) is 26.6 Å². The minimum Gasteiger partial charge on any atom is -0.260 e. The van der Waals surface area contributed by atoms with E-state index < -0.39 is 16.8 Å². The van der Waals surface area contributed by atoms with Gasteiger partial charge >= 0.3 is 0 Å². The summed E-state index contributed by atoms with van der Waals surface area (Å²) in [5, 5.41) is 0. The van der Waals surface area contributed by atoms with E-state index in [0.29, 0.717) is 16.7 Å². The summed E-state index contributed by atoms with van der Waals surface area (Å²) < 4.78 is 27.6. The molecule has 4 atom stereocenters. The van der Waals surface area contributed by atoms with E-state index in [2.05, 4.69) is 24.6 Å². The molecule has 3 rings (SSSR count). The highest BCUT2D eigenvalue weighted by atomic mass is 32.2. The molecule has 0 N–H and O–H groups in total. The van der Waals surface area contributed by atoms with Gasteiger partial charge in [0.15, 0.2) is 0 Å². The molecule has 1 aromatic heterocycles. The molecular formula is C16H19FN2OS. The summed E-state index contributed by atoms with van der Waals surface area (Å²) in [4.78, 5) is 4.21. The van der Waals surface area contributed by atoms with Crippen molar-refractivity contribution in [1.82, 2.24) is 9.29 Å². The third kappa shape index (κ3) is 2.38. The van der Waals surface area contributed by atoms with Gasteiger partial charge < -0.3 is 0 Å². The molecule has 1 saturated carbocycles. The molecule has 1 aliphatic carbocycles. The van der Waals surface area contributed by atoms with Crippen LogP contribution in [0, 0.1) is 23.1 Å². The number of piperidine rings is 1. The van der Waals surface area contributed by atoms with Crippen molar-refractivity contribution in [1.29, 1.82) is 0 Å². The van der Waals surface area contributed by atoms with Crippen molar-refractivity contribution in [3.05, 3.63) is 48.6 Å². The van der Waals surface area contributed by atoms with Crippen molar-refractivity contribution in [2.24, 2.45) is 17.3 Å². The Kier molecular flexibility index (Phi) is 3.58. The topological polar surface area (TPSA) is 33.2 Å². The second kappa shape index (κ2) is 5.14. The number of pyridine rings is 1. The molecule has 2 aliphatic rings. The zero-order chi connectivity index (χ0) is 15.2. The van der Waals surface area contributed by atoms with Crippen molar-refractivity contribution < 1.29 is 8.60 Å². The van der Waals surface area contributed by atoms with Gasteiger partial charge in [0.2, 0.25) is 0 Å². The predicted octanol–water partition coefficient (Wildman–Crippen LogP) is 2.94. The van der Waals surface area contributed by atoms with Crippen LogP contribution in [0.1, 0.15) is 13.8 Å². The van der Waals surface area contributed by atoms with Crippen LogP contribution < -0.4 is 0 Å². The third-order valence-corrected chi connectivity index (χ3v) is 6.04. The van der Waals surface area contributed by atoms with Crippen LogP contribution in [0.2, 0.25) is 0 Å². The molecule has 5 heteroatoms. The molecule has 2 heterocycles. The van der Waals surface area contributed by atoms with Crippen LogP contribution >= 0.6 is 0 Å². The highest BCUT2D eigenvalue weighted by Crippen LogP contribution is 2.66. The molecule has 0 amide bonds. The number of hydrogen-bond donors (Lipinski definition) is 0. The lowest BCUT2D eigenvalue weighted by Gasteiger charge is -2.21. The molecule has 21 heavy (non-hydrogen) atoms. The van der Waals surface area contributed by atoms with Crippen molar-refractivity contribution in [3.8, 4) is 0 Å². The van der Waals surface area contributed by atoms with Crippen LogP contribution in [0.15, 0.2) is 47.7 Å². The van der Waals surface area contributed by atoms with Gasteiger partial charge in [-0.15, -0.1) is 0 Å². The van der Waals surface area contributed by atoms with Gasteiger partial charge in [-0.2, -0.15) is 0 Å². The second-order valence-electron chi connectivity index (χ2n) is 6.08. The first-order valence-electron chi connectivity index (χ1n) is 7.06. The first-order valence-corrected chi connectivity index (χ1v) is 8.17. The second-order valence-corrected chi connectivity index (χ2v) is 7.56. The van der Waals surface area contributed by atoms with E-state index in [-0.39, 0.29) is 5.41 Å². The van der Waals surface area contributed by atoms with Crippen LogP contribution in [0.5, 0.6) is 0 Å². The number of aromatic nitrogens is 1. The fourth-order valence-corrected chi connectivity index (χ4v) is 4.97. The molecule has 1 aliphatic heterocycles. The standard InChI is InChI=1S/C16H19FN2OS/c1-4-5-11(2)15-14-9-19(10-16(14,15)3)21(20)13-6-12(17)7-18-8-13/h4-8,14-15H,2,9-10H2,1,3H3/b5-4-/t14?,15-,16?,21?/m1/s1. The van der Waals surface area contributed by atoms with Gasteiger partial charge in [-0.3, -0.25) is 4.98 Å². The Morgan fingerprint density at radius 1 is 1.62 bits per heavy atom. The molecule has 0 radical (unpaired) electrons. The van der Waals surface area contributed by atoms with Gasteiger partial charge in [0.1, 0.15) is 16.8 Å². The summed E-state index contributed by atoms with van der Waals surface area (Å²) >= 11 is 0. The molecule has 1 saturated heterocycles. The summed E-state index contributed by atoms with van der Waals surface area (Å²) in [7, 11) is -1.33. The maximum absolute atomic E-state index is 13.2. The SMILES string of the molecule is C=C(/C=C\C)[C@@H]1C2CN(S(=O)c3cncc(F)c3)CC21C. The molecule has 0 spiro atoms. The molecule has 3 nitrogen and oxygen atoms in total. The Balaban J connectivity index is 1.71. The number of hydrogen-bond acceptors (Lipinski definition) is 2. The largest absolute Gasteiger partial charge is 0.260 e. The highest BCUT2D eigenvalue weighted by Gasteiger charge is 2.66. The fraction of sp³-hybridized carbons (Fsp3) is 0.438. The minimum absolute atomic E-state index is 0.146. The van der Waals surface area contributed by atoms with E-state index in [4.69, 9.17) is 0 Å². The molecule has 2 fully saturated rings. The molecule has 0 aromatic carbocycles. The molecule has 112 valence electrons. The average molecular weight is 306 g/mol. The number of fused-ring (bicyclic) bond motifs is 1. The average Bonchev–Trinajstić information content (AvgIpc) is 2.85. The van der Waals surface area contributed by atoms with Crippen molar-refractivity contribution in [2.45, 2.75) is 18.7 Å². The van der Waals surface area contributed by atoms with Crippen LogP contribution in [0.25, 0.3) is 0 Å². The van der Waals surface area contributed by atoms with Gasteiger partial charge in [0, 0.05) is 19.3 Å². The number of halogens is 1. The Morgan fingerprint density at radius 2 is 2.38 bits per heavy atom. The molecule has 1 aromatic rings. The lowest BCUT2D eigenvalue weighted by molar-refractivity contribution is 0.412. The van der Waals surface area contributed by atoms with Gasteiger partial charge in [0.25, 0.3) is 0 Å². The van der Waals surface area contributed by atoms with Gasteiger partial charge in [-0.25, -0.2) is 12.9 Å². The van der Waals surface area contributed by atoms with Crippen LogP contribution in [0.4, 0.5) is 4.39 Å². The van der Waals surface area contributed by atoms with Crippen LogP contribution in [0.3, 0.4) is 0 Å². The quantitative estimate of drug-likeness (QED) is 0.801. The normalized spacial score (nSPS) is 33.1. The Labute approximate surface area is 127 Å². The van der Waals surface area contributed by atoms with E-state index in [9.17, 15) is 8.60 Å². The monoisotopic (exact) mass is 306 g/mol. The zero-order valence-electron chi connectivity index (χ0n) is 12.3. The van der Waals surface area contributed by atoms with E-state index in [1.165, 1.54) is 12.3 Å². The minimum atomic E-state index is -1.33. The van der Waals surface area contributed by atoms with Crippen molar-refractivity contribution >= 4 is 11.0 Å². The maximum atomic E-state index is 13.2. The van der Waals surface area contributed by atoms with E-state index in [1.807, 2.05) is 17.3 Å². The molecular weight excluding hydrogens is 287 g/mol. The third-order valence-electron chi connectivity index (χ3n) is 4.66. The van der Waals surface area contributed by atoms with E-state index in [1.54, 1.807) is 0 Å². The summed E-state index contributed by atoms with van der Waals surface area (Å²) in [6.07, 6.45) is 6.67. The first-order chi connectivity index (χ1) is 9.97. The van der Waals surface area contributed by atoms with Crippen molar-refractivity contribution in [3.63, 3.8) is 0 Å². The smallest absolute Gasteiger partial charge is 0.142 e.